The molecule has 9 nitrogen and oxygen atoms in total. The van der Waals surface area contributed by atoms with Gasteiger partial charge in [-0.05, 0) is 11.4 Å². The van der Waals surface area contributed by atoms with Crippen molar-refractivity contribution in [2.45, 2.75) is 24.7 Å². The van der Waals surface area contributed by atoms with Crippen LogP contribution in [0, 0.1) is 10.1 Å². The number of carbonyl (C=O) groups is 1. The van der Waals surface area contributed by atoms with E-state index in [1.54, 1.807) is 17.5 Å². The molecule has 0 spiro atoms. The summed E-state index contributed by atoms with van der Waals surface area (Å²) in [5.41, 5.74) is -0.812. The van der Waals surface area contributed by atoms with Gasteiger partial charge in [-0.15, -0.1) is 11.3 Å². The van der Waals surface area contributed by atoms with Crippen molar-refractivity contribution in [2.75, 3.05) is 17.7 Å². The summed E-state index contributed by atoms with van der Waals surface area (Å²) in [6, 6.07) is 4.31. The van der Waals surface area contributed by atoms with E-state index in [2.05, 4.69) is 15.7 Å². The lowest BCUT2D eigenvalue weighted by molar-refractivity contribution is -0.384. The molecule has 2 atom stereocenters. The van der Waals surface area contributed by atoms with Crippen molar-refractivity contribution in [3.63, 3.8) is 0 Å². The van der Waals surface area contributed by atoms with Crippen LogP contribution in [0.5, 0.6) is 5.75 Å². The molecule has 0 fully saturated rings. The quantitative estimate of drug-likeness (QED) is 0.356. The second kappa shape index (κ2) is 8.56. The fourth-order valence-corrected chi connectivity index (χ4v) is 4.54. The molecule has 33 heavy (non-hydrogen) atoms. The Morgan fingerprint density at radius 2 is 2.18 bits per heavy atom. The number of nitro groups is 1. The molecule has 4 rings (SSSR count). The number of aromatic nitrogens is 2. The molecule has 0 radical (unpaired) electrons. The van der Waals surface area contributed by atoms with E-state index >= 15 is 0 Å². The van der Waals surface area contributed by atoms with Gasteiger partial charge in [0.1, 0.15) is 16.6 Å². The van der Waals surface area contributed by atoms with E-state index in [4.69, 9.17) is 16.3 Å². The predicted molar refractivity (Wildman–Crippen MR) is 115 cm³/mol. The number of ether oxygens (including phenoxy) is 1. The Labute approximate surface area is 193 Å². The zero-order chi connectivity index (χ0) is 23.9. The summed E-state index contributed by atoms with van der Waals surface area (Å²) in [5.74, 6) is -0.961. The van der Waals surface area contributed by atoms with Crippen molar-refractivity contribution in [1.29, 1.82) is 0 Å². The molecule has 0 aliphatic carbocycles. The lowest BCUT2D eigenvalue weighted by Crippen LogP contribution is -2.35. The van der Waals surface area contributed by atoms with Gasteiger partial charge in [0, 0.05) is 23.4 Å². The molecule has 1 aliphatic heterocycles. The second-order valence-electron chi connectivity index (χ2n) is 7.09. The minimum Gasteiger partial charge on any atom is -0.496 e. The third-order valence-corrected chi connectivity index (χ3v) is 6.34. The molecular formula is C19H15ClF3N5O4S. The van der Waals surface area contributed by atoms with Crippen LogP contribution < -0.4 is 15.4 Å². The second-order valence-corrected chi connectivity index (χ2v) is 8.45. The number of nitrogens with zero attached hydrogens (tertiary/aromatic N) is 3. The fraction of sp³-hybridized carbons (Fsp3) is 0.263. The number of alkyl halides is 3. The molecule has 174 valence electrons. The lowest BCUT2D eigenvalue weighted by Gasteiger charge is -2.32. The van der Waals surface area contributed by atoms with E-state index in [1.807, 2.05) is 0 Å². The van der Waals surface area contributed by atoms with Gasteiger partial charge in [0.25, 0.3) is 11.6 Å². The Kier molecular flexibility index (Phi) is 5.93. The zero-order valence-electron chi connectivity index (χ0n) is 16.7. The maximum atomic E-state index is 13.8. The van der Waals surface area contributed by atoms with E-state index in [0.717, 1.165) is 12.1 Å². The first kappa shape index (κ1) is 22.9. The van der Waals surface area contributed by atoms with Crippen LogP contribution in [0.3, 0.4) is 0 Å². The monoisotopic (exact) mass is 501 g/mol. The average molecular weight is 502 g/mol. The number of methoxy groups -OCH3 is 1. The van der Waals surface area contributed by atoms with Gasteiger partial charge in [0.05, 0.1) is 29.8 Å². The molecule has 1 amide bonds. The van der Waals surface area contributed by atoms with Crippen LogP contribution in [0.1, 0.15) is 33.9 Å². The summed E-state index contributed by atoms with van der Waals surface area (Å²) < 4.78 is 47.1. The topological polar surface area (TPSA) is 111 Å². The number of halogens is 4. The number of hydrogen-bond donors (Lipinski definition) is 2. The molecule has 0 bridgehead atoms. The maximum Gasteiger partial charge on any atom is 0.410 e. The standard InChI is InChI=1S/C19H15ClF3N5O4S/c1-32-11-6-9(5-10(7-11)28(30)31)24-18(29)16-15(20)17-25-12(13-3-2-4-33-13)8-14(19(21,22)23)27(17)26-16/h2-7,12,14,25H,8H2,1H3,(H,24,29). The summed E-state index contributed by atoms with van der Waals surface area (Å²) in [6.45, 7) is 0. The molecule has 0 saturated carbocycles. The number of carbonyl (C=O) groups excluding carboxylic acids is 1. The molecule has 2 aromatic heterocycles. The smallest absolute Gasteiger partial charge is 0.410 e. The van der Waals surface area contributed by atoms with E-state index in [-0.39, 0.29) is 34.4 Å². The summed E-state index contributed by atoms with van der Waals surface area (Å²) in [6.07, 6.45) is -4.97. The highest BCUT2D eigenvalue weighted by Crippen LogP contribution is 2.47. The van der Waals surface area contributed by atoms with Crippen LogP contribution in [0.2, 0.25) is 5.02 Å². The van der Waals surface area contributed by atoms with Crippen LogP contribution in [0.25, 0.3) is 0 Å². The van der Waals surface area contributed by atoms with E-state index in [0.29, 0.717) is 9.56 Å². The number of amides is 1. The Balaban J connectivity index is 1.69. The van der Waals surface area contributed by atoms with Crippen LogP contribution in [0.4, 0.5) is 30.4 Å². The molecule has 0 saturated heterocycles. The van der Waals surface area contributed by atoms with Crippen molar-refractivity contribution in [1.82, 2.24) is 9.78 Å². The number of non-ortho nitro benzene ring substituents is 1. The SMILES string of the molecule is COc1cc(NC(=O)c2nn3c(c2Cl)NC(c2cccs2)CC3C(F)(F)F)cc([N+](=O)[O-])c1. The summed E-state index contributed by atoms with van der Waals surface area (Å²) in [7, 11) is 1.29. The first-order chi connectivity index (χ1) is 15.6. The number of thiophene rings is 1. The highest BCUT2D eigenvalue weighted by Gasteiger charge is 2.48. The van der Waals surface area contributed by atoms with Gasteiger partial charge in [-0.25, -0.2) is 4.68 Å². The Hall–Kier alpha value is -3.32. The normalized spacial score (nSPS) is 17.7. The molecule has 2 unspecified atom stereocenters. The van der Waals surface area contributed by atoms with Crippen LogP contribution >= 0.6 is 22.9 Å². The number of hydrogen-bond acceptors (Lipinski definition) is 7. The first-order valence-electron chi connectivity index (χ1n) is 9.38. The largest absolute Gasteiger partial charge is 0.496 e. The highest BCUT2D eigenvalue weighted by molar-refractivity contribution is 7.10. The van der Waals surface area contributed by atoms with Gasteiger partial charge < -0.3 is 15.4 Å². The molecule has 14 heteroatoms. The number of rotatable bonds is 5. The highest BCUT2D eigenvalue weighted by atomic mass is 35.5. The van der Waals surface area contributed by atoms with E-state index in [9.17, 15) is 28.1 Å². The molecule has 3 aromatic rings. The van der Waals surface area contributed by atoms with Crippen molar-refractivity contribution in [3.8, 4) is 5.75 Å². The maximum absolute atomic E-state index is 13.8. The van der Waals surface area contributed by atoms with Gasteiger partial charge in [-0.3, -0.25) is 14.9 Å². The number of nitro benzene ring substituents is 1. The molecule has 2 N–H and O–H groups in total. The summed E-state index contributed by atoms with van der Waals surface area (Å²) in [4.78, 5) is 23.9. The average Bonchev–Trinajstić information content (AvgIpc) is 3.40. The zero-order valence-corrected chi connectivity index (χ0v) is 18.3. The van der Waals surface area contributed by atoms with Crippen LogP contribution in [0.15, 0.2) is 35.7 Å². The lowest BCUT2D eigenvalue weighted by atomic mass is 10.0. The number of benzene rings is 1. The predicted octanol–water partition coefficient (Wildman–Crippen LogP) is 5.43. The first-order valence-corrected chi connectivity index (χ1v) is 10.6. The Bertz CT molecular complexity index is 1210. The van der Waals surface area contributed by atoms with Crippen molar-refractivity contribution < 1.29 is 27.6 Å². The third-order valence-electron chi connectivity index (χ3n) is 4.99. The molecule has 3 heterocycles. The van der Waals surface area contributed by atoms with Gasteiger partial charge in [-0.1, -0.05) is 17.7 Å². The van der Waals surface area contributed by atoms with Crippen LogP contribution in [-0.2, 0) is 0 Å². The van der Waals surface area contributed by atoms with Crippen LogP contribution in [-0.4, -0.2) is 33.9 Å². The molecule has 1 aromatic carbocycles. The van der Waals surface area contributed by atoms with Gasteiger partial charge in [0.15, 0.2) is 11.7 Å². The number of nitrogens with one attached hydrogen (secondary N) is 2. The molecule has 1 aliphatic rings. The summed E-state index contributed by atoms with van der Waals surface area (Å²) >= 11 is 7.58. The van der Waals surface area contributed by atoms with Gasteiger partial charge >= 0.3 is 6.18 Å². The summed E-state index contributed by atoms with van der Waals surface area (Å²) in [5, 5.41) is 21.7. The number of anilines is 2. The Morgan fingerprint density at radius 3 is 2.79 bits per heavy atom. The van der Waals surface area contributed by atoms with Gasteiger partial charge in [0.2, 0.25) is 0 Å². The third kappa shape index (κ3) is 4.46. The van der Waals surface area contributed by atoms with Crippen molar-refractivity contribution in [3.05, 3.63) is 61.4 Å². The Morgan fingerprint density at radius 1 is 1.42 bits per heavy atom. The van der Waals surface area contributed by atoms with Crippen molar-refractivity contribution in [2.24, 2.45) is 0 Å². The van der Waals surface area contributed by atoms with E-state index in [1.165, 1.54) is 24.5 Å². The molecular weight excluding hydrogens is 487 g/mol. The minimum absolute atomic E-state index is 0.00937. The van der Waals surface area contributed by atoms with Crippen molar-refractivity contribution >= 4 is 46.0 Å². The minimum atomic E-state index is -4.64. The van der Waals surface area contributed by atoms with Gasteiger partial charge in [-0.2, -0.15) is 18.3 Å². The van der Waals surface area contributed by atoms with E-state index < -0.39 is 34.8 Å². The number of fused-ring (bicyclic) bond motifs is 1. The fourth-order valence-electron chi connectivity index (χ4n) is 3.48.